The molecule has 86 valence electrons. The Morgan fingerprint density at radius 3 is 2.43 bits per heavy atom. The summed E-state index contributed by atoms with van der Waals surface area (Å²) in [5, 5.41) is 11.7. The van der Waals surface area contributed by atoms with Gasteiger partial charge in [-0.3, -0.25) is 0 Å². The third kappa shape index (κ3) is 7.30. The van der Waals surface area contributed by atoms with E-state index >= 15 is 0 Å². The molecule has 0 heterocycles. The van der Waals surface area contributed by atoms with Crippen LogP contribution in [0.1, 0.15) is 40.0 Å². The summed E-state index contributed by atoms with van der Waals surface area (Å²) in [4.78, 5) is 0. The van der Waals surface area contributed by atoms with Crippen LogP contribution in [0.25, 0.3) is 0 Å². The first-order valence-electron chi connectivity index (χ1n) is 5.59. The molecule has 0 aliphatic carbocycles. The second-order valence-corrected chi connectivity index (χ2v) is 4.69. The van der Waals surface area contributed by atoms with Gasteiger partial charge in [0, 0.05) is 12.1 Å². The molecule has 0 radical (unpaired) electrons. The van der Waals surface area contributed by atoms with Gasteiger partial charge in [-0.15, -0.1) is 0 Å². The highest BCUT2D eigenvalue weighted by molar-refractivity contribution is 4.78. The molecule has 1 atom stereocenters. The Hall–Kier alpha value is -0.120. The van der Waals surface area contributed by atoms with Crippen molar-refractivity contribution in [3.63, 3.8) is 0 Å². The number of hydrogen-bond acceptors (Lipinski definition) is 3. The SMILES string of the molecule is CC(CCCCNCCO)C(C)(C)N. The fourth-order valence-corrected chi connectivity index (χ4v) is 1.28. The quantitative estimate of drug-likeness (QED) is 0.517. The second-order valence-electron chi connectivity index (χ2n) is 4.69. The van der Waals surface area contributed by atoms with Crippen molar-refractivity contribution in [2.75, 3.05) is 19.7 Å². The summed E-state index contributed by atoms with van der Waals surface area (Å²) in [7, 11) is 0. The molecule has 0 aromatic rings. The summed E-state index contributed by atoms with van der Waals surface area (Å²) >= 11 is 0. The smallest absolute Gasteiger partial charge is 0.0555 e. The molecular formula is C11H26N2O. The summed E-state index contributed by atoms with van der Waals surface area (Å²) in [6.07, 6.45) is 3.56. The third-order valence-corrected chi connectivity index (χ3v) is 2.80. The average Bonchev–Trinajstić information content (AvgIpc) is 2.09. The zero-order valence-corrected chi connectivity index (χ0v) is 9.84. The molecule has 0 aliphatic heterocycles. The van der Waals surface area contributed by atoms with Gasteiger partial charge in [0.15, 0.2) is 0 Å². The van der Waals surface area contributed by atoms with E-state index in [0.717, 1.165) is 6.54 Å². The minimum absolute atomic E-state index is 0.0570. The molecule has 0 rings (SSSR count). The summed E-state index contributed by atoms with van der Waals surface area (Å²) in [6, 6.07) is 0. The van der Waals surface area contributed by atoms with E-state index < -0.39 is 0 Å². The van der Waals surface area contributed by atoms with Crippen molar-refractivity contribution in [2.45, 2.75) is 45.6 Å². The zero-order valence-electron chi connectivity index (χ0n) is 9.84. The fourth-order valence-electron chi connectivity index (χ4n) is 1.28. The maximum atomic E-state index is 8.54. The highest BCUT2D eigenvalue weighted by atomic mass is 16.3. The van der Waals surface area contributed by atoms with Gasteiger partial charge < -0.3 is 16.2 Å². The molecule has 3 heteroatoms. The van der Waals surface area contributed by atoms with Crippen molar-refractivity contribution in [2.24, 2.45) is 11.7 Å². The fraction of sp³-hybridized carbons (Fsp3) is 1.00. The van der Waals surface area contributed by atoms with E-state index in [-0.39, 0.29) is 12.1 Å². The molecule has 0 fully saturated rings. The number of aliphatic hydroxyl groups is 1. The van der Waals surface area contributed by atoms with Gasteiger partial charge in [0.2, 0.25) is 0 Å². The molecule has 0 amide bonds. The number of aliphatic hydroxyl groups excluding tert-OH is 1. The van der Waals surface area contributed by atoms with E-state index in [9.17, 15) is 0 Å². The first-order chi connectivity index (χ1) is 6.48. The monoisotopic (exact) mass is 202 g/mol. The lowest BCUT2D eigenvalue weighted by Crippen LogP contribution is -2.39. The minimum atomic E-state index is -0.0570. The van der Waals surface area contributed by atoms with Gasteiger partial charge in [-0.05, 0) is 39.2 Å². The van der Waals surface area contributed by atoms with E-state index in [1.165, 1.54) is 19.3 Å². The molecule has 0 aromatic heterocycles. The molecule has 1 unspecified atom stereocenters. The molecule has 4 N–H and O–H groups in total. The van der Waals surface area contributed by atoms with E-state index in [4.69, 9.17) is 10.8 Å². The molecule has 0 bridgehead atoms. The highest BCUT2D eigenvalue weighted by Gasteiger charge is 2.19. The van der Waals surface area contributed by atoms with Crippen molar-refractivity contribution < 1.29 is 5.11 Å². The van der Waals surface area contributed by atoms with Crippen molar-refractivity contribution in [3.8, 4) is 0 Å². The summed E-state index contributed by atoms with van der Waals surface area (Å²) < 4.78 is 0. The maximum Gasteiger partial charge on any atom is 0.0555 e. The second kappa shape index (κ2) is 7.21. The summed E-state index contributed by atoms with van der Waals surface area (Å²) in [5.74, 6) is 0.570. The van der Waals surface area contributed by atoms with Gasteiger partial charge in [0.1, 0.15) is 0 Å². The van der Waals surface area contributed by atoms with Crippen LogP contribution in [0.4, 0.5) is 0 Å². The summed E-state index contributed by atoms with van der Waals surface area (Å²) in [6.45, 7) is 8.31. The van der Waals surface area contributed by atoms with Gasteiger partial charge in [0.25, 0.3) is 0 Å². The third-order valence-electron chi connectivity index (χ3n) is 2.80. The van der Waals surface area contributed by atoms with Crippen LogP contribution < -0.4 is 11.1 Å². The lowest BCUT2D eigenvalue weighted by atomic mass is 9.86. The van der Waals surface area contributed by atoms with Gasteiger partial charge in [-0.1, -0.05) is 13.3 Å². The Labute approximate surface area is 88.1 Å². The van der Waals surface area contributed by atoms with Crippen LogP contribution in [0.3, 0.4) is 0 Å². The number of unbranched alkanes of at least 4 members (excludes halogenated alkanes) is 1. The molecular weight excluding hydrogens is 176 g/mol. The highest BCUT2D eigenvalue weighted by Crippen LogP contribution is 2.18. The van der Waals surface area contributed by atoms with Crippen LogP contribution in [0.15, 0.2) is 0 Å². The summed E-state index contributed by atoms with van der Waals surface area (Å²) in [5.41, 5.74) is 5.94. The van der Waals surface area contributed by atoms with E-state index in [2.05, 4.69) is 26.1 Å². The number of nitrogens with two attached hydrogens (primary N) is 1. The van der Waals surface area contributed by atoms with Crippen molar-refractivity contribution in [1.82, 2.24) is 5.32 Å². The lowest BCUT2D eigenvalue weighted by Gasteiger charge is -2.27. The normalized spacial score (nSPS) is 14.4. The van der Waals surface area contributed by atoms with Gasteiger partial charge in [-0.25, -0.2) is 0 Å². The van der Waals surface area contributed by atoms with Crippen LogP contribution in [-0.4, -0.2) is 30.3 Å². The number of rotatable bonds is 8. The van der Waals surface area contributed by atoms with E-state index in [0.29, 0.717) is 12.5 Å². The topological polar surface area (TPSA) is 58.3 Å². The van der Waals surface area contributed by atoms with Crippen molar-refractivity contribution in [1.29, 1.82) is 0 Å². The van der Waals surface area contributed by atoms with E-state index in [1.807, 2.05) is 0 Å². The predicted octanol–water partition coefficient (Wildman–Crippen LogP) is 1.11. The number of hydrogen-bond donors (Lipinski definition) is 3. The van der Waals surface area contributed by atoms with Crippen LogP contribution in [0.5, 0.6) is 0 Å². The predicted molar refractivity (Wildman–Crippen MR) is 61.2 cm³/mol. The van der Waals surface area contributed by atoms with Crippen LogP contribution in [0.2, 0.25) is 0 Å². The van der Waals surface area contributed by atoms with Crippen LogP contribution in [0, 0.1) is 5.92 Å². The molecule has 3 nitrogen and oxygen atoms in total. The molecule has 0 aliphatic rings. The molecule has 0 saturated heterocycles. The van der Waals surface area contributed by atoms with Crippen LogP contribution in [-0.2, 0) is 0 Å². The van der Waals surface area contributed by atoms with Gasteiger partial charge >= 0.3 is 0 Å². The Morgan fingerprint density at radius 2 is 1.93 bits per heavy atom. The standard InChI is InChI=1S/C11H26N2O/c1-10(11(2,3)12)6-4-5-7-13-8-9-14/h10,13-14H,4-9,12H2,1-3H3. The minimum Gasteiger partial charge on any atom is -0.395 e. The lowest BCUT2D eigenvalue weighted by molar-refractivity contribution is 0.289. The Morgan fingerprint density at radius 1 is 1.29 bits per heavy atom. The van der Waals surface area contributed by atoms with Crippen molar-refractivity contribution >= 4 is 0 Å². The molecule has 0 saturated carbocycles. The van der Waals surface area contributed by atoms with E-state index in [1.54, 1.807) is 0 Å². The first kappa shape index (κ1) is 13.9. The Bertz CT molecular complexity index is 132. The largest absolute Gasteiger partial charge is 0.395 e. The van der Waals surface area contributed by atoms with Gasteiger partial charge in [0.05, 0.1) is 6.61 Å². The molecule has 14 heavy (non-hydrogen) atoms. The van der Waals surface area contributed by atoms with Crippen molar-refractivity contribution in [3.05, 3.63) is 0 Å². The Kier molecular flexibility index (Phi) is 7.15. The maximum absolute atomic E-state index is 8.54. The zero-order chi connectivity index (χ0) is 11.0. The average molecular weight is 202 g/mol. The molecule has 0 spiro atoms. The number of nitrogens with one attached hydrogen (secondary N) is 1. The van der Waals surface area contributed by atoms with Gasteiger partial charge in [-0.2, -0.15) is 0 Å². The molecule has 0 aromatic carbocycles. The Balaban J connectivity index is 3.28. The first-order valence-corrected chi connectivity index (χ1v) is 5.59. The van der Waals surface area contributed by atoms with Crippen LogP contribution >= 0.6 is 0 Å².